The van der Waals surface area contributed by atoms with Gasteiger partial charge in [0.15, 0.2) is 0 Å². The van der Waals surface area contributed by atoms with Crippen molar-refractivity contribution in [3.05, 3.63) is 84.4 Å². The average molecular weight is 394 g/mol. The maximum absolute atomic E-state index is 5.98. The molecule has 2 heterocycles. The van der Waals surface area contributed by atoms with Crippen molar-refractivity contribution in [3.8, 4) is 0 Å². The molecule has 29 heavy (non-hydrogen) atoms. The number of para-hydroxylation sites is 1. The molecule has 0 atom stereocenters. The number of hydrogen-bond acceptors (Lipinski definition) is 3. The number of fused-ring (bicyclic) bond motifs is 6. The molecule has 0 aliphatic carbocycles. The molecule has 0 unspecified atom stereocenters. The lowest BCUT2D eigenvalue weighted by molar-refractivity contribution is 0.669. The van der Waals surface area contributed by atoms with Gasteiger partial charge in [-0.15, -0.1) is 11.3 Å². The van der Waals surface area contributed by atoms with Gasteiger partial charge >= 0.3 is 0 Å². The Hall–Kier alpha value is -3.30. The second-order valence-electron chi connectivity index (χ2n) is 7.62. The summed E-state index contributed by atoms with van der Waals surface area (Å²) in [6.45, 7) is 2.15. The highest BCUT2D eigenvalue weighted by atomic mass is 32.1. The van der Waals surface area contributed by atoms with E-state index in [-0.39, 0.29) is 0 Å². The van der Waals surface area contributed by atoms with Gasteiger partial charge in [0.05, 0.1) is 0 Å². The van der Waals surface area contributed by atoms with Crippen LogP contribution < -0.4 is 4.90 Å². The van der Waals surface area contributed by atoms with Crippen LogP contribution >= 0.6 is 11.3 Å². The lowest BCUT2D eigenvalue weighted by Gasteiger charge is -2.19. The number of anilines is 2. The Morgan fingerprint density at radius 3 is 2.24 bits per heavy atom. The Balaban J connectivity index is 1.47. The van der Waals surface area contributed by atoms with E-state index >= 15 is 0 Å². The number of hydrogen-bond donors (Lipinski definition) is 0. The zero-order valence-corrected chi connectivity index (χ0v) is 17.1. The summed E-state index contributed by atoms with van der Waals surface area (Å²) in [5.41, 5.74) is 5.51. The minimum absolute atomic E-state index is 0.929. The molecule has 0 spiro atoms. The van der Waals surface area contributed by atoms with Gasteiger partial charge in [-0.25, -0.2) is 0 Å². The van der Waals surface area contributed by atoms with E-state index in [0.29, 0.717) is 0 Å². The fourth-order valence-electron chi connectivity index (χ4n) is 4.15. The van der Waals surface area contributed by atoms with Gasteiger partial charge < -0.3 is 9.32 Å². The number of rotatable bonds is 2. The van der Waals surface area contributed by atoms with Gasteiger partial charge in [0.25, 0.3) is 0 Å². The largest absolute Gasteiger partial charge is 0.456 e. The average Bonchev–Trinajstić information content (AvgIpc) is 3.29. The topological polar surface area (TPSA) is 16.4 Å². The van der Waals surface area contributed by atoms with Crippen LogP contribution in [0.1, 0.15) is 5.56 Å². The molecule has 3 heteroatoms. The molecule has 0 aliphatic rings. The molecule has 6 rings (SSSR count). The van der Waals surface area contributed by atoms with Crippen LogP contribution in [-0.4, -0.2) is 7.05 Å². The standard InChI is InChI=1S/C26H19NOS/c1-16-7-10-20-21-11-8-18(15-26(21)29-25(20)13-16)27(2)17-9-12-24-22(14-17)19-5-3-4-6-23(19)28-24/h3-15H,1-2H3. The number of furan rings is 1. The molecule has 6 aromatic rings. The normalized spacial score (nSPS) is 11.8. The van der Waals surface area contributed by atoms with E-state index in [1.807, 2.05) is 23.5 Å². The number of thiophene rings is 1. The van der Waals surface area contributed by atoms with E-state index in [2.05, 4.69) is 85.6 Å². The van der Waals surface area contributed by atoms with E-state index in [1.54, 1.807) is 0 Å². The van der Waals surface area contributed by atoms with Crippen LogP contribution in [-0.2, 0) is 0 Å². The van der Waals surface area contributed by atoms with Crippen molar-refractivity contribution < 1.29 is 4.42 Å². The molecule has 0 bridgehead atoms. The molecule has 0 fully saturated rings. The highest BCUT2D eigenvalue weighted by Gasteiger charge is 2.12. The molecule has 0 saturated carbocycles. The van der Waals surface area contributed by atoms with E-state index in [9.17, 15) is 0 Å². The summed E-state index contributed by atoms with van der Waals surface area (Å²) >= 11 is 1.87. The third kappa shape index (κ3) is 2.55. The molecule has 0 aliphatic heterocycles. The van der Waals surface area contributed by atoms with Gasteiger partial charge in [-0.05, 0) is 55.0 Å². The summed E-state index contributed by atoms with van der Waals surface area (Å²) < 4.78 is 8.65. The summed E-state index contributed by atoms with van der Waals surface area (Å²) in [4.78, 5) is 2.25. The van der Waals surface area contributed by atoms with Crippen LogP contribution in [0.4, 0.5) is 11.4 Å². The summed E-state index contributed by atoms with van der Waals surface area (Å²) in [7, 11) is 2.13. The van der Waals surface area contributed by atoms with Gasteiger partial charge in [0.1, 0.15) is 11.2 Å². The smallest absolute Gasteiger partial charge is 0.135 e. The Labute approximate surface area is 172 Å². The summed E-state index contributed by atoms with van der Waals surface area (Å²) in [6, 6.07) is 28.1. The Bertz CT molecular complexity index is 1540. The number of nitrogens with zero attached hydrogens (tertiary/aromatic N) is 1. The van der Waals surface area contributed by atoms with Gasteiger partial charge in [-0.2, -0.15) is 0 Å². The molecule has 4 aromatic carbocycles. The Morgan fingerprint density at radius 2 is 1.34 bits per heavy atom. The third-order valence-electron chi connectivity index (χ3n) is 5.75. The minimum Gasteiger partial charge on any atom is -0.456 e. The van der Waals surface area contributed by atoms with Gasteiger partial charge in [0, 0.05) is 49.4 Å². The number of aryl methyl sites for hydroxylation is 1. The predicted molar refractivity (Wildman–Crippen MR) is 126 cm³/mol. The summed E-state index contributed by atoms with van der Waals surface area (Å²) in [5.74, 6) is 0. The third-order valence-corrected chi connectivity index (χ3v) is 6.86. The van der Waals surface area contributed by atoms with Crippen LogP contribution in [0.25, 0.3) is 42.1 Å². The van der Waals surface area contributed by atoms with Crippen molar-refractivity contribution in [1.29, 1.82) is 0 Å². The molecular weight excluding hydrogens is 374 g/mol. The first-order valence-corrected chi connectivity index (χ1v) is 10.6. The summed E-state index contributed by atoms with van der Waals surface area (Å²) in [6.07, 6.45) is 0. The monoisotopic (exact) mass is 393 g/mol. The first-order chi connectivity index (χ1) is 14.2. The van der Waals surface area contributed by atoms with Crippen LogP contribution in [0.2, 0.25) is 0 Å². The molecule has 0 amide bonds. The molecule has 0 N–H and O–H groups in total. The van der Waals surface area contributed by atoms with Crippen LogP contribution in [0.15, 0.2) is 83.3 Å². The predicted octanol–water partition coefficient (Wildman–Crippen LogP) is 8.03. The van der Waals surface area contributed by atoms with Crippen molar-refractivity contribution in [2.45, 2.75) is 6.92 Å². The molecule has 0 radical (unpaired) electrons. The zero-order valence-electron chi connectivity index (χ0n) is 16.3. The molecule has 0 saturated heterocycles. The van der Waals surface area contributed by atoms with Crippen molar-refractivity contribution >= 4 is 64.8 Å². The molecule has 2 aromatic heterocycles. The minimum atomic E-state index is 0.929. The van der Waals surface area contributed by atoms with E-state index in [4.69, 9.17) is 4.42 Å². The molecule has 2 nitrogen and oxygen atoms in total. The zero-order chi connectivity index (χ0) is 19.5. The maximum Gasteiger partial charge on any atom is 0.135 e. The molecule has 140 valence electrons. The Kier molecular flexibility index (Phi) is 3.50. The fraction of sp³-hybridized carbons (Fsp3) is 0.0769. The molecular formula is C26H19NOS. The lowest BCUT2D eigenvalue weighted by atomic mass is 10.1. The van der Waals surface area contributed by atoms with Crippen LogP contribution in [0.5, 0.6) is 0 Å². The van der Waals surface area contributed by atoms with Crippen molar-refractivity contribution in [2.24, 2.45) is 0 Å². The van der Waals surface area contributed by atoms with Gasteiger partial charge in [0.2, 0.25) is 0 Å². The van der Waals surface area contributed by atoms with Crippen LogP contribution in [0, 0.1) is 6.92 Å². The van der Waals surface area contributed by atoms with E-state index < -0.39 is 0 Å². The quantitative estimate of drug-likeness (QED) is 0.296. The SMILES string of the molecule is Cc1ccc2c(c1)sc1cc(N(C)c3ccc4oc5ccccc5c4c3)ccc12. The van der Waals surface area contributed by atoms with E-state index in [1.165, 1.54) is 31.4 Å². The highest BCUT2D eigenvalue weighted by molar-refractivity contribution is 7.25. The maximum atomic E-state index is 5.98. The van der Waals surface area contributed by atoms with Crippen molar-refractivity contribution in [2.75, 3.05) is 11.9 Å². The van der Waals surface area contributed by atoms with Crippen molar-refractivity contribution in [1.82, 2.24) is 0 Å². The highest BCUT2D eigenvalue weighted by Crippen LogP contribution is 2.38. The Morgan fingerprint density at radius 1 is 0.655 bits per heavy atom. The van der Waals surface area contributed by atoms with E-state index in [0.717, 1.165) is 27.6 Å². The number of benzene rings is 4. The first kappa shape index (κ1) is 16.6. The summed E-state index contributed by atoms with van der Waals surface area (Å²) in [5, 5.41) is 4.99. The van der Waals surface area contributed by atoms with Crippen molar-refractivity contribution in [3.63, 3.8) is 0 Å². The van der Waals surface area contributed by atoms with Crippen LogP contribution in [0.3, 0.4) is 0 Å². The fourth-order valence-corrected chi connectivity index (χ4v) is 5.39. The second kappa shape index (κ2) is 6.10. The first-order valence-electron chi connectivity index (χ1n) is 9.75. The lowest BCUT2D eigenvalue weighted by Crippen LogP contribution is -2.08. The second-order valence-corrected chi connectivity index (χ2v) is 8.70. The van der Waals surface area contributed by atoms with Gasteiger partial charge in [-0.3, -0.25) is 0 Å². The van der Waals surface area contributed by atoms with Gasteiger partial charge in [-0.1, -0.05) is 36.4 Å².